The number of thiol groups is 1. The summed E-state index contributed by atoms with van der Waals surface area (Å²) in [5.41, 5.74) is 1.23. The van der Waals surface area contributed by atoms with Crippen molar-refractivity contribution in [2.45, 2.75) is 11.8 Å². The predicted molar refractivity (Wildman–Crippen MR) is 49.5 cm³/mol. The van der Waals surface area contributed by atoms with E-state index in [1.165, 1.54) is 5.56 Å². The van der Waals surface area contributed by atoms with E-state index >= 15 is 0 Å². The Morgan fingerprint density at radius 1 is 1.22 bits per heavy atom. The van der Waals surface area contributed by atoms with Crippen molar-refractivity contribution in [2.24, 2.45) is 0 Å². The minimum Gasteiger partial charge on any atom is -0.153 e. The molecule has 1 unspecified atom stereocenters. The standard InChI is InChI=1S/C7H8S.H3P/c1-6-4-2-3-5-7(6)8;/h2-5,8H,1H3;1H3. The monoisotopic (exact) mass is 158 g/mol. The maximum absolute atomic E-state index is 4.20. The summed E-state index contributed by atoms with van der Waals surface area (Å²) in [4.78, 5) is 1.06. The van der Waals surface area contributed by atoms with Crippen molar-refractivity contribution in [3.8, 4) is 0 Å². The number of hydrogen-bond acceptors (Lipinski definition) is 1. The number of aryl methyl sites for hydroxylation is 1. The zero-order chi connectivity index (χ0) is 5.98. The molecule has 0 nitrogen and oxygen atoms in total. The minimum absolute atomic E-state index is 0. The van der Waals surface area contributed by atoms with E-state index in [4.69, 9.17) is 0 Å². The first-order valence-electron chi connectivity index (χ1n) is 2.55. The molecule has 0 aliphatic carbocycles. The highest BCUT2D eigenvalue weighted by atomic mass is 32.1. The molecule has 0 saturated heterocycles. The maximum Gasteiger partial charge on any atom is 0.00692 e. The van der Waals surface area contributed by atoms with Gasteiger partial charge in [-0.15, -0.1) is 12.6 Å². The van der Waals surface area contributed by atoms with Crippen LogP contribution in [0.15, 0.2) is 29.2 Å². The Balaban J connectivity index is 0.000000640. The average molecular weight is 158 g/mol. The molecular formula is C7H11PS. The van der Waals surface area contributed by atoms with Crippen molar-refractivity contribution in [3.63, 3.8) is 0 Å². The molecule has 2 heteroatoms. The lowest BCUT2D eigenvalue weighted by Crippen LogP contribution is -1.70. The van der Waals surface area contributed by atoms with E-state index in [2.05, 4.69) is 12.6 Å². The second-order valence-electron chi connectivity index (χ2n) is 1.79. The number of rotatable bonds is 0. The Morgan fingerprint density at radius 2 is 1.78 bits per heavy atom. The Kier molecular flexibility index (Phi) is 3.92. The molecule has 0 bridgehead atoms. The smallest absolute Gasteiger partial charge is 0.00692 e. The molecule has 0 N–H and O–H groups in total. The van der Waals surface area contributed by atoms with Gasteiger partial charge in [-0.25, -0.2) is 0 Å². The molecule has 9 heavy (non-hydrogen) atoms. The molecule has 0 aliphatic heterocycles. The fourth-order valence-electron chi connectivity index (χ4n) is 0.563. The van der Waals surface area contributed by atoms with E-state index in [0.717, 1.165) is 4.90 Å². The van der Waals surface area contributed by atoms with Crippen LogP contribution < -0.4 is 0 Å². The Morgan fingerprint density at radius 3 is 2.11 bits per heavy atom. The Bertz CT molecular complexity index is 165. The first kappa shape index (κ1) is 9.00. The summed E-state index contributed by atoms with van der Waals surface area (Å²) in [7, 11) is 0. The average Bonchev–Trinajstić information content (AvgIpc) is 1.77. The molecular weight excluding hydrogens is 147 g/mol. The van der Waals surface area contributed by atoms with Crippen LogP contribution in [-0.2, 0) is 0 Å². The molecule has 0 amide bonds. The molecule has 0 saturated carbocycles. The van der Waals surface area contributed by atoms with Crippen molar-refractivity contribution in [1.29, 1.82) is 0 Å². The van der Waals surface area contributed by atoms with E-state index < -0.39 is 0 Å². The van der Waals surface area contributed by atoms with Crippen LogP contribution in [0.25, 0.3) is 0 Å². The molecule has 1 rings (SSSR count). The summed E-state index contributed by atoms with van der Waals surface area (Å²) in [5, 5.41) is 0. The van der Waals surface area contributed by atoms with Gasteiger partial charge in [0.1, 0.15) is 0 Å². The van der Waals surface area contributed by atoms with Crippen LogP contribution in [0.5, 0.6) is 0 Å². The Hall–Kier alpha value is -0.0000000000000000555. The van der Waals surface area contributed by atoms with Gasteiger partial charge in [0.2, 0.25) is 0 Å². The van der Waals surface area contributed by atoms with E-state index in [1.807, 2.05) is 31.2 Å². The quantitative estimate of drug-likeness (QED) is 0.435. The molecule has 0 fully saturated rings. The number of hydrogen-bond donors (Lipinski definition) is 1. The Labute approximate surface area is 64.7 Å². The highest BCUT2D eigenvalue weighted by Gasteiger charge is 1.84. The van der Waals surface area contributed by atoms with E-state index in [0.29, 0.717) is 0 Å². The van der Waals surface area contributed by atoms with E-state index in [-0.39, 0.29) is 9.90 Å². The summed E-state index contributed by atoms with van der Waals surface area (Å²) in [6, 6.07) is 8.02. The first-order valence-corrected chi connectivity index (χ1v) is 3.00. The van der Waals surface area contributed by atoms with Crippen LogP contribution in [0.3, 0.4) is 0 Å². The number of benzene rings is 1. The zero-order valence-corrected chi connectivity index (χ0v) is 7.77. The lowest BCUT2D eigenvalue weighted by atomic mass is 10.2. The molecule has 1 atom stereocenters. The lowest BCUT2D eigenvalue weighted by Gasteiger charge is -1.92. The fraction of sp³-hybridized carbons (Fsp3) is 0.143. The molecule has 1 aromatic carbocycles. The van der Waals surface area contributed by atoms with Crippen LogP contribution in [0.4, 0.5) is 0 Å². The summed E-state index contributed by atoms with van der Waals surface area (Å²) < 4.78 is 0. The molecule has 1 aromatic rings. The normalized spacial score (nSPS) is 8.22. The fourth-order valence-corrected chi connectivity index (χ4v) is 0.724. The van der Waals surface area contributed by atoms with Gasteiger partial charge in [0.05, 0.1) is 0 Å². The van der Waals surface area contributed by atoms with Gasteiger partial charge in [-0.05, 0) is 18.6 Å². The van der Waals surface area contributed by atoms with Gasteiger partial charge < -0.3 is 0 Å². The lowest BCUT2D eigenvalue weighted by molar-refractivity contribution is 1.31. The van der Waals surface area contributed by atoms with Gasteiger partial charge >= 0.3 is 0 Å². The zero-order valence-electron chi connectivity index (χ0n) is 5.46. The van der Waals surface area contributed by atoms with Crippen molar-refractivity contribution < 1.29 is 0 Å². The van der Waals surface area contributed by atoms with Crippen LogP contribution in [-0.4, -0.2) is 0 Å². The van der Waals surface area contributed by atoms with Gasteiger partial charge in [-0.1, -0.05) is 18.2 Å². The van der Waals surface area contributed by atoms with Crippen LogP contribution in [0.1, 0.15) is 5.56 Å². The van der Waals surface area contributed by atoms with Crippen molar-refractivity contribution in [1.82, 2.24) is 0 Å². The van der Waals surface area contributed by atoms with Gasteiger partial charge in [0.15, 0.2) is 0 Å². The highest BCUT2D eigenvalue weighted by molar-refractivity contribution is 7.80. The van der Waals surface area contributed by atoms with Crippen molar-refractivity contribution in [3.05, 3.63) is 29.8 Å². The summed E-state index contributed by atoms with van der Waals surface area (Å²) in [6.45, 7) is 2.04. The third-order valence-corrected chi connectivity index (χ3v) is 1.62. The van der Waals surface area contributed by atoms with Gasteiger partial charge in [0.25, 0.3) is 0 Å². The van der Waals surface area contributed by atoms with Crippen LogP contribution in [0.2, 0.25) is 0 Å². The minimum atomic E-state index is 0. The molecule has 0 aromatic heterocycles. The van der Waals surface area contributed by atoms with Crippen molar-refractivity contribution >= 4 is 22.5 Å². The third-order valence-electron chi connectivity index (χ3n) is 1.12. The second kappa shape index (κ2) is 3.92. The van der Waals surface area contributed by atoms with E-state index in [1.54, 1.807) is 0 Å². The topological polar surface area (TPSA) is 0 Å². The highest BCUT2D eigenvalue weighted by Crippen LogP contribution is 2.09. The molecule has 0 spiro atoms. The van der Waals surface area contributed by atoms with E-state index in [9.17, 15) is 0 Å². The third kappa shape index (κ3) is 2.38. The summed E-state index contributed by atoms with van der Waals surface area (Å²) >= 11 is 4.20. The first-order chi connectivity index (χ1) is 3.80. The van der Waals surface area contributed by atoms with Crippen LogP contribution in [0, 0.1) is 6.92 Å². The molecule has 0 heterocycles. The van der Waals surface area contributed by atoms with Gasteiger partial charge in [0, 0.05) is 4.90 Å². The summed E-state index contributed by atoms with van der Waals surface area (Å²) in [6.07, 6.45) is 0. The summed E-state index contributed by atoms with van der Waals surface area (Å²) in [5.74, 6) is 0. The SMILES string of the molecule is Cc1ccccc1S.P. The maximum atomic E-state index is 4.20. The molecule has 50 valence electrons. The van der Waals surface area contributed by atoms with Crippen molar-refractivity contribution in [2.75, 3.05) is 0 Å². The molecule has 0 radical (unpaired) electrons. The predicted octanol–water partition coefficient (Wildman–Crippen LogP) is 2.34. The molecule has 0 aliphatic rings. The second-order valence-corrected chi connectivity index (χ2v) is 2.27. The van der Waals surface area contributed by atoms with Crippen LogP contribution >= 0.6 is 22.5 Å². The van der Waals surface area contributed by atoms with Gasteiger partial charge in [-0.3, -0.25) is 0 Å². The van der Waals surface area contributed by atoms with Gasteiger partial charge in [-0.2, -0.15) is 9.90 Å². The largest absolute Gasteiger partial charge is 0.153 e.